The predicted octanol–water partition coefficient (Wildman–Crippen LogP) is -0.193. The molecule has 1 aliphatic rings. The molecule has 0 aliphatic carbocycles. The summed E-state index contributed by atoms with van der Waals surface area (Å²) in [6.07, 6.45) is 1.47. The van der Waals surface area contributed by atoms with Gasteiger partial charge in [-0.3, -0.25) is 0 Å². The lowest BCUT2D eigenvalue weighted by Crippen LogP contribution is -2.25. The van der Waals surface area contributed by atoms with Crippen LogP contribution in [-0.2, 0) is 4.79 Å². The highest BCUT2D eigenvalue weighted by atomic mass is 16.5. The molecule has 0 fully saturated rings. The first-order valence-electron chi connectivity index (χ1n) is 3.12. The third kappa shape index (κ3) is 1.000. The van der Waals surface area contributed by atoms with Gasteiger partial charge in [0.05, 0.1) is 6.20 Å². The normalized spacial score (nSPS) is 14.7. The van der Waals surface area contributed by atoms with Crippen molar-refractivity contribution in [3.05, 3.63) is 12.3 Å². The van der Waals surface area contributed by atoms with Gasteiger partial charge in [0.1, 0.15) is 6.54 Å². The predicted molar refractivity (Wildman–Crippen MR) is 36.2 cm³/mol. The Hall–Kier alpha value is -1.65. The molecule has 0 bridgehead atoms. The molecular weight excluding hydrogens is 146 g/mol. The summed E-state index contributed by atoms with van der Waals surface area (Å²) >= 11 is 0. The topological polar surface area (TPSA) is 64.1 Å². The Labute approximate surface area is 62.4 Å². The molecule has 0 unspecified atom stereocenters. The lowest BCUT2D eigenvalue weighted by Gasteiger charge is -2.14. The number of ether oxygens (including phenoxy) is 1. The largest absolute Gasteiger partial charge is 0.421 e. The number of hydrogen-bond donors (Lipinski definition) is 1. The fraction of sp³-hybridized carbons (Fsp3) is 0.167. The molecule has 0 amide bonds. The standard InChI is InChI=1S/C6H5N3O2/c10-5-3-7-6-4(11-5)1-2-8-9-6/h1-2H,3H2,(H,7,9). The van der Waals surface area contributed by atoms with Gasteiger partial charge in [-0.2, -0.15) is 5.10 Å². The number of anilines is 1. The number of esters is 1. The van der Waals surface area contributed by atoms with Gasteiger partial charge in [-0.25, -0.2) is 4.79 Å². The van der Waals surface area contributed by atoms with Gasteiger partial charge in [0.25, 0.3) is 0 Å². The molecule has 0 aromatic carbocycles. The molecule has 0 saturated heterocycles. The molecule has 5 heteroatoms. The zero-order chi connectivity index (χ0) is 7.68. The van der Waals surface area contributed by atoms with E-state index < -0.39 is 0 Å². The quantitative estimate of drug-likeness (QED) is 0.520. The Balaban J connectivity index is 2.41. The number of carbonyl (C=O) groups is 1. The summed E-state index contributed by atoms with van der Waals surface area (Å²) in [6, 6.07) is 1.59. The Bertz CT molecular complexity index is 300. The van der Waals surface area contributed by atoms with E-state index in [1.54, 1.807) is 6.07 Å². The summed E-state index contributed by atoms with van der Waals surface area (Å²) in [7, 11) is 0. The van der Waals surface area contributed by atoms with E-state index in [-0.39, 0.29) is 12.5 Å². The van der Waals surface area contributed by atoms with Crippen molar-refractivity contribution in [2.45, 2.75) is 0 Å². The van der Waals surface area contributed by atoms with Crippen molar-refractivity contribution in [2.75, 3.05) is 11.9 Å². The minimum absolute atomic E-state index is 0.158. The second-order valence-electron chi connectivity index (χ2n) is 2.07. The van der Waals surface area contributed by atoms with E-state index >= 15 is 0 Å². The van der Waals surface area contributed by atoms with Crippen LogP contribution < -0.4 is 10.1 Å². The van der Waals surface area contributed by atoms with Gasteiger partial charge in [0.15, 0.2) is 11.6 Å². The van der Waals surface area contributed by atoms with Crippen molar-refractivity contribution in [1.82, 2.24) is 10.2 Å². The Morgan fingerprint density at radius 1 is 1.64 bits per heavy atom. The van der Waals surface area contributed by atoms with Crippen LogP contribution in [0.5, 0.6) is 5.75 Å². The molecule has 0 spiro atoms. The number of rotatable bonds is 0. The SMILES string of the molecule is O=C1CNc2nnccc2O1. The van der Waals surface area contributed by atoms with E-state index in [0.717, 1.165) is 0 Å². The Morgan fingerprint density at radius 3 is 3.45 bits per heavy atom. The van der Waals surface area contributed by atoms with E-state index in [9.17, 15) is 4.79 Å². The van der Waals surface area contributed by atoms with Crippen molar-refractivity contribution in [3.63, 3.8) is 0 Å². The van der Waals surface area contributed by atoms with Crippen LogP contribution >= 0.6 is 0 Å². The summed E-state index contributed by atoms with van der Waals surface area (Å²) in [5, 5.41) is 10.1. The number of aromatic nitrogens is 2. The molecule has 1 aromatic rings. The van der Waals surface area contributed by atoms with Crippen molar-refractivity contribution in [2.24, 2.45) is 0 Å². The maximum Gasteiger partial charge on any atom is 0.330 e. The molecular formula is C6H5N3O2. The highest BCUT2D eigenvalue weighted by Crippen LogP contribution is 2.22. The molecule has 11 heavy (non-hydrogen) atoms. The monoisotopic (exact) mass is 151 g/mol. The number of nitrogens with zero attached hydrogens (tertiary/aromatic N) is 2. The molecule has 0 radical (unpaired) electrons. The van der Waals surface area contributed by atoms with Crippen LogP contribution in [0.3, 0.4) is 0 Å². The lowest BCUT2D eigenvalue weighted by molar-refractivity contribution is -0.132. The number of hydrogen-bond acceptors (Lipinski definition) is 5. The third-order valence-electron chi connectivity index (χ3n) is 1.31. The Morgan fingerprint density at radius 2 is 2.55 bits per heavy atom. The van der Waals surface area contributed by atoms with Crippen molar-refractivity contribution < 1.29 is 9.53 Å². The molecule has 0 atom stereocenters. The van der Waals surface area contributed by atoms with Gasteiger partial charge in [-0.15, -0.1) is 5.10 Å². The maximum absolute atomic E-state index is 10.7. The third-order valence-corrected chi connectivity index (χ3v) is 1.31. The van der Waals surface area contributed by atoms with Gasteiger partial charge in [-0.1, -0.05) is 0 Å². The van der Waals surface area contributed by atoms with E-state index in [1.165, 1.54) is 6.20 Å². The summed E-state index contributed by atoms with van der Waals surface area (Å²) in [5.74, 6) is 0.661. The smallest absolute Gasteiger partial charge is 0.330 e. The van der Waals surface area contributed by atoms with Crippen LogP contribution in [0, 0.1) is 0 Å². The summed E-state index contributed by atoms with van der Waals surface area (Å²) in [5.41, 5.74) is 0. The van der Waals surface area contributed by atoms with Gasteiger partial charge in [0.2, 0.25) is 0 Å². The van der Waals surface area contributed by atoms with Crippen LogP contribution in [-0.4, -0.2) is 22.7 Å². The van der Waals surface area contributed by atoms with Crippen LogP contribution in [0.1, 0.15) is 0 Å². The summed E-state index contributed by atoms with van der Waals surface area (Å²) in [4.78, 5) is 10.7. The minimum Gasteiger partial charge on any atom is -0.421 e. The van der Waals surface area contributed by atoms with E-state index in [2.05, 4.69) is 15.5 Å². The molecule has 1 N–H and O–H groups in total. The highest BCUT2D eigenvalue weighted by molar-refractivity contribution is 5.81. The average Bonchev–Trinajstić information content (AvgIpc) is 2.04. The van der Waals surface area contributed by atoms with Crippen LogP contribution in [0.15, 0.2) is 12.3 Å². The first-order chi connectivity index (χ1) is 5.36. The van der Waals surface area contributed by atoms with Gasteiger partial charge < -0.3 is 10.1 Å². The number of carbonyl (C=O) groups excluding carboxylic acids is 1. The highest BCUT2D eigenvalue weighted by Gasteiger charge is 2.16. The van der Waals surface area contributed by atoms with E-state index in [1.807, 2.05) is 0 Å². The summed E-state index contributed by atoms with van der Waals surface area (Å²) < 4.78 is 4.83. The zero-order valence-electron chi connectivity index (χ0n) is 5.57. The second kappa shape index (κ2) is 2.19. The van der Waals surface area contributed by atoms with Crippen molar-refractivity contribution >= 4 is 11.8 Å². The van der Waals surface area contributed by atoms with Crippen LogP contribution in [0.25, 0.3) is 0 Å². The number of nitrogens with one attached hydrogen (secondary N) is 1. The van der Waals surface area contributed by atoms with Crippen molar-refractivity contribution in [3.8, 4) is 5.75 Å². The van der Waals surface area contributed by atoms with Crippen LogP contribution in [0.4, 0.5) is 5.82 Å². The van der Waals surface area contributed by atoms with Gasteiger partial charge >= 0.3 is 5.97 Å². The lowest BCUT2D eigenvalue weighted by atomic mass is 10.4. The Kier molecular flexibility index (Phi) is 1.21. The molecule has 0 saturated carbocycles. The van der Waals surface area contributed by atoms with Crippen LogP contribution in [0.2, 0.25) is 0 Å². The molecule has 56 valence electrons. The number of fused-ring (bicyclic) bond motifs is 1. The minimum atomic E-state index is -0.300. The molecule has 2 rings (SSSR count). The van der Waals surface area contributed by atoms with Gasteiger partial charge in [0, 0.05) is 6.07 Å². The average molecular weight is 151 g/mol. The summed E-state index contributed by atoms with van der Waals surface area (Å²) in [6.45, 7) is 0.158. The molecule has 1 aromatic heterocycles. The molecule has 5 nitrogen and oxygen atoms in total. The maximum atomic E-state index is 10.7. The first kappa shape index (κ1) is 6.09. The van der Waals surface area contributed by atoms with Gasteiger partial charge in [-0.05, 0) is 0 Å². The zero-order valence-corrected chi connectivity index (χ0v) is 5.57. The first-order valence-corrected chi connectivity index (χ1v) is 3.12. The molecule has 1 aliphatic heterocycles. The fourth-order valence-corrected chi connectivity index (χ4v) is 0.840. The molecule has 2 heterocycles. The van der Waals surface area contributed by atoms with Crippen molar-refractivity contribution in [1.29, 1.82) is 0 Å². The fourth-order valence-electron chi connectivity index (χ4n) is 0.840. The van der Waals surface area contributed by atoms with E-state index in [0.29, 0.717) is 11.6 Å². The van der Waals surface area contributed by atoms with E-state index in [4.69, 9.17) is 4.74 Å². The second-order valence-corrected chi connectivity index (χ2v) is 2.07.